The molecular formula is C8H9N3O2. The van der Waals surface area contributed by atoms with Gasteiger partial charge in [0.25, 0.3) is 0 Å². The molecule has 0 amide bonds. The van der Waals surface area contributed by atoms with Gasteiger partial charge in [-0.25, -0.2) is 23.5 Å². The molecule has 68 valence electrons. The van der Waals surface area contributed by atoms with Gasteiger partial charge in [-0.1, -0.05) is 12.2 Å². The summed E-state index contributed by atoms with van der Waals surface area (Å²) in [7, 11) is 1.52. The van der Waals surface area contributed by atoms with E-state index < -0.39 is 0 Å². The molecule has 2 aliphatic rings. The van der Waals surface area contributed by atoms with E-state index in [-0.39, 0.29) is 23.5 Å². The van der Waals surface area contributed by atoms with Gasteiger partial charge in [-0.2, -0.15) is 0 Å². The second-order valence-electron chi connectivity index (χ2n) is 3.57. The van der Waals surface area contributed by atoms with E-state index in [4.69, 9.17) is 0 Å². The highest BCUT2D eigenvalue weighted by Gasteiger charge is 2.36. The SMILES string of the molecule is Cn1c(=O)n2n(c1=O)[C@H]1C=C[C@H]2C1. The Hall–Kier alpha value is -1.52. The normalized spacial score (nSPS) is 28.4. The maximum atomic E-state index is 11.5. The summed E-state index contributed by atoms with van der Waals surface area (Å²) >= 11 is 0. The lowest BCUT2D eigenvalue weighted by Gasteiger charge is -2.07. The van der Waals surface area contributed by atoms with Crippen molar-refractivity contribution in [2.75, 3.05) is 0 Å². The van der Waals surface area contributed by atoms with Crippen LogP contribution in [0.2, 0.25) is 0 Å². The smallest absolute Gasteiger partial charge is 0.246 e. The van der Waals surface area contributed by atoms with Crippen LogP contribution in [0, 0.1) is 0 Å². The maximum absolute atomic E-state index is 11.5. The van der Waals surface area contributed by atoms with Gasteiger partial charge in [-0.3, -0.25) is 0 Å². The summed E-state index contributed by atoms with van der Waals surface area (Å²) in [6, 6.07) is 0.206. The largest absolute Gasteiger partial charge is 0.347 e. The van der Waals surface area contributed by atoms with E-state index in [9.17, 15) is 9.59 Å². The number of hydrogen-bond acceptors (Lipinski definition) is 2. The van der Waals surface area contributed by atoms with Gasteiger partial charge in [0, 0.05) is 7.05 Å². The highest BCUT2D eigenvalue weighted by molar-refractivity contribution is 5.12. The fourth-order valence-corrected chi connectivity index (χ4v) is 2.20. The van der Waals surface area contributed by atoms with Crippen molar-refractivity contribution in [1.82, 2.24) is 13.9 Å². The van der Waals surface area contributed by atoms with Crippen molar-refractivity contribution in [3.63, 3.8) is 0 Å². The predicted octanol–water partition coefficient (Wildman–Crippen LogP) is -0.596. The van der Waals surface area contributed by atoms with Crippen LogP contribution in [0.3, 0.4) is 0 Å². The lowest BCUT2D eigenvalue weighted by Crippen LogP contribution is -2.27. The molecule has 2 atom stereocenters. The molecule has 0 radical (unpaired) electrons. The zero-order chi connectivity index (χ0) is 9.16. The van der Waals surface area contributed by atoms with Crippen LogP contribution in [-0.2, 0) is 7.05 Å². The Bertz CT molecular complexity index is 473. The zero-order valence-electron chi connectivity index (χ0n) is 7.17. The Kier molecular flexibility index (Phi) is 0.995. The summed E-state index contributed by atoms with van der Waals surface area (Å²) in [4.78, 5) is 23.1. The third-order valence-corrected chi connectivity index (χ3v) is 2.86. The van der Waals surface area contributed by atoms with Crippen LogP contribution < -0.4 is 11.4 Å². The Morgan fingerprint density at radius 1 is 1.15 bits per heavy atom. The molecule has 5 nitrogen and oxygen atoms in total. The molecular weight excluding hydrogens is 170 g/mol. The van der Waals surface area contributed by atoms with Crippen LogP contribution in [0.4, 0.5) is 0 Å². The Labute approximate surface area is 73.5 Å². The van der Waals surface area contributed by atoms with Crippen molar-refractivity contribution in [2.45, 2.75) is 18.5 Å². The van der Waals surface area contributed by atoms with Gasteiger partial charge in [0.15, 0.2) is 0 Å². The molecule has 2 heterocycles. The van der Waals surface area contributed by atoms with E-state index >= 15 is 0 Å². The number of allylic oxidation sites excluding steroid dienone is 2. The van der Waals surface area contributed by atoms with Crippen molar-refractivity contribution in [3.8, 4) is 0 Å². The molecule has 0 fully saturated rings. The second kappa shape index (κ2) is 1.86. The first kappa shape index (κ1) is 6.94. The molecule has 0 aromatic carbocycles. The first-order valence-corrected chi connectivity index (χ1v) is 4.28. The van der Waals surface area contributed by atoms with E-state index in [0.29, 0.717) is 0 Å². The van der Waals surface area contributed by atoms with Gasteiger partial charge in [-0.05, 0) is 6.42 Å². The number of aromatic nitrogens is 3. The van der Waals surface area contributed by atoms with Gasteiger partial charge >= 0.3 is 11.4 Å². The minimum absolute atomic E-state index is 0.103. The molecule has 0 saturated heterocycles. The Balaban J connectivity index is 2.47. The van der Waals surface area contributed by atoms with E-state index in [0.717, 1.165) is 11.0 Å². The van der Waals surface area contributed by atoms with Crippen molar-refractivity contribution in [3.05, 3.63) is 33.1 Å². The Morgan fingerprint density at radius 3 is 2.08 bits per heavy atom. The molecule has 0 unspecified atom stereocenters. The fraction of sp³-hybridized carbons (Fsp3) is 0.500. The molecule has 5 heteroatoms. The number of fused-ring (bicyclic) bond motifs is 5. The van der Waals surface area contributed by atoms with Crippen molar-refractivity contribution in [1.29, 1.82) is 0 Å². The highest BCUT2D eigenvalue weighted by Crippen LogP contribution is 2.35. The topological polar surface area (TPSA) is 48.9 Å². The van der Waals surface area contributed by atoms with Gasteiger partial charge in [0.2, 0.25) is 0 Å². The van der Waals surface area contributed by atoms with Gasteiger partial charge < -0.3 is 0 Å². The van der Waals surface area contributed by atoms with E-state index in [2.05, 4.69) is 0 Å². The standard InChI is InChI=1S/C8H9N3O2/c1-9-7(12)10-5-2-3-6(4-5)11(10)8(9)13/h2-3,5-6H,4H2,1H3/t5-,6-/m0/s1. The summed E-state index contributed by atoms with van der Waals surface area (Å²) in [6.07, 6.45) is 4.85. The van der Waals surface area contributed by atoms with E-state index in [1.54, 1.807) is 9.36 Å². The van der Waals surface area contributed by atoms with Gasteiger partial charge in [-0.15, -0.1) is 0 Å². The minimum Gasteiger partial charge on any atom is -0.246 e. The van der Waals surface area contributed by atoms with Crippen molar-refractivity contribution in [2.24, 2.45) is 7.05 Å². The molecule has 0 N–H and O–H groups in total. The summed E-state index contributed by atoms with van der Waals surface area (Å²) in [5.41, 5.74) is -0.413. The average Bonchev–Trinajstić information content (AvgIpc) is 2.76. The minimum atomic E-state index is -0.207. The van der Waals surface area contributed by atoms with Crippen LogP contribution >= 0.6 is 0 Å². The second-order valence-corrected chi connectivity index (χ2v) is 3.57. The van der Waals surface area contributed by atoms with Crippen molar-refractivity contribution < 1.29 is 0 Å². The Morgan fingerprint density at radius 2 is 1.62 bits per heavy atom. The molecule has 3 rings (SSSR count). The summed E-state index contributed by atoms with van der Waals surface area (Å²) < 4.78 is 4.26. The van der Waals surface area contributed by atoms with Crippen LogP contribution in [0.1, 0.15) is 18.5 Å². The zero-order valence-corrected chi connectivity index (χ0v) is 7.17. The monoisotopic (exact) mass is 179 g/mol. The molecule has 2 bridgehead atoms. The quantitative estimate of drug-likeness (QED) is 0.499. The van der Waals surface area contributed by atoms with Crippen LogP contribution in [-0.4, -0.2) is 13.9 Å². The molecule has 1 aliphatic carbocycles. The third-order valence-electron chi connectivity index (χ3n) is 2.86. The molecule has 13 heavy (non-hydrogen) atoms. The summed E-state index contributed by atoms with van der Waals surface area (Å²) in [6.45, 7) is 0. The summed E-state index contributed by atoms with van der Waals surface area (Å²) in [5, 5.41) is 0. The summed E-state index contributed by atoms with van der Waals surface area (Å²) in [5.74, 6) is 0. The molecule has 1 aliphatic heterocycles. The first-order chi connectivity index (χ1) is 6.20. The van der Waals surface area contributed by atoms with Crippen LogP contribution in [0.25, 0.3) is 0 Å². The lowest BCUT2D eigenvalue weighted by molar-refractivity contribution is 0.505. The highest BCUT2D eigenvalue weighted by atomic mass is 16.2. The van der Waals surface area contributed by atoms with E-state index in [1.807, 2.05) is 12.2 Å². The maximum Gasteiger partial charge on any atom is 0.347 e. The molecule has 1 aromatic heterocycles. The van der Waals surface area contributed by atoms with Crippen LogP contribution in [0.5, 0.6) is 0 Å². The average molecular weight is 179 g/mol. The first-order valence-electron chi connectivity index (χ1n) is 4.28. The lowest BCUT2D eigenvalue weighted by atomic mass is 10.2. The number of nitrogens with zero attached hydrogens (tertiary/aromatic N) is 3. The molecule has 1 aromatic rings. The molecule has 0 saturated carbocycles. The molecule has 0 spiro atoms. The van der Waals surface area contributed by atoms with E-state index in [1.165, 1.54) is 7.05 Å². The third kappa shape index (κ3) is 0.599. The fourth-order valence-electron chi connectivity index (χ4n) is 2.20. The predicted molar refractivity (Wildman–Crippen MR) is 45.8 cm³/mol. The number of hydrogen-bond donors (Lipinski definition) is 0. The van der Waals surface area contributed by atoms with Gasteiger partial charge in [0.05, 0.1) is 12.1 Å². The van der Waals surface area contributed by atoms with Crippen LogP contribution in [0.15, 0.2) is 21.7 Å². The van der Waals surface area contributed by atoms with Gasteiger partial charge in [0.1, 0.15) is 0 Å². The van der Waals surface area contributed by atoms with Crippen molar-refractivity contribution >= 4 is 0 Å². The number of rotatable bonds is 0.